The van der Waals surface area contributed by atoms with Crippen LogP contribution in [0.25, 0.3) is 0 Å². The first kappa shape index (κ1) is 21.2. The third kappa shape index (κ3) is 5.20. The predicted molar refractivity (Wildman–Crippen MR) is 101 cm³/mol. The molecule has 27 heavy (non-hydrogen) atoms. The molecule has 1 aromatic carbocycles. The van der Waals surface area contributed by atoms with Gasteiger partial charge in [0.2, 0.25) is 10.0 Å². The zero-order valence-electron chi connectivity index (χ0n) is 16.4. The van der Waals surface area contributed by atoms with Crippen LogP contribution in [0.4, 0.5) is 4.79 Å². The number of hydrogen-bond donors (Lipinski definition) is 0. The quantitative estimate of drug-likeness (QED) is 0.774. The molecule has 0 atom stereocenters. The van der Waals surface area contributed by atoms with Gasteiger partial charge in [0.1, 0.15) is 5.60 Å². The third-order valence-corrected chi connectivity index (χ3v) is 5.93. The van der Waals surface area contributed by atoms with E-state index in [-0.39, 0.29) is 16.9 Å². The summed E-state index contributed by atoms with van der Waals surface area (Å²) in [7, 11) is -0.612. The molecule has 2 rings (SSSR count). The van der Waals surface area contributed by atoms with Gasteiger partial charge < -0.3 is 14.5 Å². The van der Waals surface area contributed by atoms with Crippen molar-refractivity contribution in [2.45, 2.75) is 31.3 Å². The molecule has 0 aromatic heterocycles. The Morgan fingerprint density at radius 1 is 0.963 bits per heavy atom. The maximum atomic E-state index is 12.6. The Morgan fingerprint density at radius 2 is 1.44 bits per heavy atom. The van der Waals surface area contributed by atoms with Crippen LogP contribution in [-0.4, -0.2) is 80.4 Å². The molecule has 0 aliphatic carbocycles. The lowest BCUT2D eigenvalue weighted by atomic mass is 10.2. The number of carbonyl (C=O) groups is 2. The molecule has 1 aromatic rings. The van der Waals surface area contributed by atoms with Crippen LogP contribution in [0.1, 0.15) is 31.1 Å². The van der Waals surface area contributed by atoms with Crippen molar-refractivity contribution in [2.75, 3.05) is 40.3 Å². The molecule has 0 bridgehead atoms. The minimum absolute atomic E-state index is 0.138. The molecule has 0 radical (unpaired) electrons. The SMILES string of the molecule is CN(C)S(=O)(=O)c1ccc(C(=O)N2CCN(C(=O)OC(C)(C)C)CC2)cc1. The molecule has 0 N–H and O–H groups in total. The Kier molecular flexibility index (Phi) is 6.16. The molecule has 1 aliphatic rings. The van der Waals surface area contributed by atoms with E-state index in [1.54, 1.807) is 9.80 Å². The average molecular weight is 397 g/mol. The van der Waals surface area contributed by atoms with Gasteiger partial charge in [0.05, 0.1) is 4.90 Å². The largest absolute Gasteiger partial charge is 0.444 e. The lowest BCUT2D eigenvalue weighted by Gasteiger charge is -2.35. The van der Waals surface area contributed by atoms with Crippen LogP contribution in [0.5, 0.6) is 0 Å². The van der Waals surface area contributed by atoms with E-state index in [4.69, 9.17) is 4.74 Å². The first-order valence-electron chi connectivity index (χ1n) is 8.71. The topological polar surface area (TPSA) is 87.2 Å². The predicted octanol–water partition coefficient (Wildman–Crippen LogP) is 1.63. The van der Waals surface area contributed by atoms with E-state index in [0.29, 0.717) is 31.7 Å². The molecule has 1 saturated heterocycles. The summed E-state index contributed by atoms with van der Waals surface area (Å²) in [6.45, 7) is 7.02. The van der Waals surface area contributed by atoms with E-state index in [0.717, 1.165) is 4.31 Å². The van der Waals surface area contributed by atoms with Crippen molar-refractivity contribution in [1.29, 1.82) is 0 Å². The van der Waals surface area contributed by atoms with Gasteiger partial charge in [-0.2, -0.15) is 0 Å². The summed E-state index contributed by atoms with van der Waals surface area (Å²) in [6.07, 6.45) is -0.382. The Bertz CT molecular complexity index is 789. The van der Waals surface area contributed by atoms with Crippen molar-refractivity contribution >= 4 is 22.0 Å². The van der Waals surface area contributed by atoms with E-state index in [1.165, 1.54) is 38.4 Å². The molecule has 9 heteroatoms. The minimum atomic E-state index is -3.53. The molecule has 1 heterocycles. The summed E-state index contributed by atoms with van der Waals surface area (Å²) in [5, 5.41) is 0. The second kappa shape index (κ2) is 7.85. The first-order chi connectivity index (χ1) is 12.4. The maximum Gasteiger partial charge on any atom is 0.410 e. The van der Waals surface area contributed by atoms with Crippen molar-refractivity contribution in [1.82, 2.24) is 14.1 Å². The van der Waals surface area contributed by atoms with Gasteiger partial charge in [-0.05, 0) is 45.0 Å². The van der Waals surface area contributed by atoms with Crippen LogP contribution in [-0.2, 0) is 14.8 Å². The van der Waals surface area contributed by atoms with Crippen molar-refractivity contribution in [3.63, 3.8) is 0 Å². The highest BCUT2D eigenvalue weighted by molar-refractivity contribution is 7.89. The van der Waals surface area contributed by atoms with E-state index in [9.17, 15) is 18.0 Å². The van der Waals surface area contributed by atoms with E-state index < -0.39 is 15.6 Å². The molecule has 1 aliphatic heterocycles. The fourth-order valence-electron chi connectivity index (χ4n) is 2.58. The highest BCUT2D eigenvalue weighted by Gasteiger charge is 2.28. The van der Waals surface area contributed by atoms with Gasteiger partial charge in [0.15, 0.2) is 0 Å². The average Bonchev–Trinajstić information content (AvgIpc) is 2.59. The van der Waals surface area contributed by atoms with Crippen molar-refractivity contribution in [2.24, 2.45) is 0 Å². The van der Waals surface area contributed by atoms with Gasteiger partial charge >= 0.3 is 6.09 Å². The number of rotatable bonds is 3. The van der Waals surface area contributed by atoms with Crippen LogP contribution in [0.15, 0.2) is 29.2 Å². The third-order valence-electron chi connectivity index (χ3n) is 4.10. The van der Waals surface area contributed by atoms with Gasteiger partial charge in [-0.3, -0.25) is 4.79 Å². The molecule has 2 amide bonds. The molecule has 150 valence electrons. The number of hydrogen-bond acceptors (Lipinski definition) is 5. The van der Waals surface area contributed by atoms with E-state index >= 15 is 0 Å². The molecular weight excluding hydrogens is 370 g/mol. The maximum absolute atomic E-state index is 12.6. The zero-order chi connectivity index (χ0) is 20.4. The first-order valence-corrected chi connectivity index (χ1v) is 10.2. The second-order valence-electron chi connectivity index (χ2n) is 7.57. The number of benzene rings is 1. The van der Waals surface area contributed by atoms with Gasteiger partial charge in [-0.1, -0.05) is 0 Å². The van der Waals surface area contributed by atoms with Crippen molar-refractivity contribution < 1.29 is 22.7 Å². The Labute approximate surface area is 160 Å². The molecule has 0 spiro atoms. The number of sulfonamides is 1. The van der Waals surface area contributed by atoms with Gasteiger partial charge in [0.25, 0.3) is 5.91 Å². The standard InChI is InChI=1S/C18H27N3O5S/c1-18(2,3)26-17(23)21-12-10-20(11-13-21)16(22)14-6-8-15(9-7-14)27(24,25)19(4)5/h6-9H,10-13H2,1-5H3. The minimum Gasteiger partial charge on any atom is -0.444 e. The monoisotopic (exact) mass is 397 g/mol. The summed E-state index contributed by atoms with van der Waals surface area (Å²) in [5.41, 5.74) is -0.142. The highest BCUT2D eigenvalue weighted by atomic mass is 32.2. The fourth-order valence-corrected chi connectivity index (χ4v) is 3.48. The van der Waals surface area contributed by atoms with Gasteiger partial charge in [0, 0.05) is 45.8 Å². The van der Waals surface area contributed by atoms with Crippen LogP contribution >= 0.6 is 0 Å². The van der Waals surface area contributed by atoms with Gasteiger partial charge in [-0.15, -0.1) is 0 Å². The van der Waals surface area contributed by atoms with E-state index in [2.05, 4.69) is 0 Å². The molecule has 0 unspecified atom stereocenters. The number of carbonyl (C=O) groups excluding carboxylic acids is 2. The smallest absolute Gasteiger partial charge is 0.410 e. The number of amides is 2. The lowest BCUT2D eigenvalue weighted by molar-refractivity contribution is 0.0141. The lowest BCUT2D eigenvalue weighted by Crippen LogP contribution is -2.51. The van der Waals surface area contributed by atoms with Crippen LogP contribution in [0, 0.1) is 0 Å². The summed E-state index contributed by atoms with van der Waals surface area (Å²) in [5.74, 6) is -0.187. The molecule has 1 fully saturated rings. The van der Waals surface area contributed by atoms with Crippen molar-refractivity contribution in [3.8, 4) is 0 Å². The normalized spacial score (nSPS) is 15.8. The summed E-state index contributed by atoms with van der Waals surface area (Å²) in [4.78, 5) is 28.1. The van der Waals surface area contributed by atoms with Crippen LogP contribution in [0.2, 0.25) is 0 Å². The Balaban J connectivity index is 1.99. The summed E-state index contributed by atoms with van der Waals surface area (Å²) in [6, 6.07) is 5.89. The number of nitrogens with zero attached hydrogens (tertiary/aromatic N) is 3. The Hall–Kier alpha value is -2.13. The second-order valence-corrected chi connectivity index (χ2v) is 9.72. The van der Waals surface area contributed by atoms with E-state index in [1.807, 2.05) is 20.8 Å². The van der Waals surface area contributed by atoms with Gasteiger partial charge in [-0.25, -0.2) is 17.5 Å². The van der Waals surface area contributed by atoms with Crippen molar-refractivity contribution in [3.05, 3.63) is 29.8 Å². The number of ether oxygens (including phenoxy) is 1. The fraction of sp³-hybridized carbons (Fsp3) is 0.556. The zero-order valence-corrected chi connectivity index (χ0v) is 17.2. The molecular formula is C18H27N3O5S. The Morgan fingerprint density at radius 3 is 1.89 bits per heavy atom. The van der Waals surface area contributed by atoms with Crippen LogP contribution < -0.4 is 0 Å². The molecule has 0 saturated carbocycles. The summed E-state index contributed by atoms with van der Waals surface area (Å²) < 4.78 is 30.7. The number of piperazine rings is 1. The summed E-state index contributed by atoms with van der Waals surface area (Å²) >= 11 is 0. The highest BCUT2D eigenvalue weighted by Crippen LogP contribution is 2.17. The van der Waals surface area contributed by atoms with Crippen LogP contribution in [0.3, 0.4) is 0 Å². The molecule has 8 nitrogen and oxygen atoms in total.